The molecule has 2 heteroatoms. The second-order valence-electron chi connectivity index (χ2n) is 4.03. The topological polar surface area (TPSA) is 29.1 Å². The van der Waals surface area contributed by atoms with Crippen molar-refractivity contribution in [3.8, 4) is 0 Å². The molecule has 0 atom stereocenters. The summed E-state index contributed by atoms with van der Waals surface area (Å²) in [4.78, 5) is 11.5. The summed E-state index contributed by atoms with van der Waals surface area (Å²) in [5.74, 6) is 0.421. The lowest BCUT2D eigenvalue weighted by molar-refractivity contribution is -0.121. The number of Topliss-reactive ketones (excluding diaryl/α,β-unsaturated/α-hetero) is 1. The summed E-state index contributed by atoms with van der Waals surface area (Å²) in [6, 6.07) is 8.06. The van der Waals surface area contributed by atoms with Crippen molar-refractivity contribution in [2.45, 2.75) is 27.2 Å². The lowest BCUT2D eigenvalue weighted by Gasteiger charge is -2.06. The summed E-state index contributed by atoms with van der Waals surface area (Å²) >= 11 is 0. The standard InChI is InChI=1S/C13H19NO.H2/c1-4-14-12-7-5-11(6-8-12)9-13(15)10(2)3;/h5-8,10,14H,4,9H2,1-3H3;1H. The first-order chi connectivity index (χ1) is 7.13. The molecule has 0 heterocycles. The minimum Gasteiger partial charge on any atom is -0.385 e. The molecular weight excluding hydrogens is 186 g/mol. The average molecular weight is 207 g/mol. The van der Waals surface area contributed by atoms with Crippen molar-refractivity contribution in [2.24, 2.45) is 5.92 Å². The Kier molecular flexibility index (Phi) is 4.35. The van der Waals surface area contributed by atoms with Gasteiger partial charge in [-0.1, -0.05) is 26.0 Å². The summed E-state index contributed by atoms with van der Waals surface area (Å²) in [5.41, 5.74) is 2.20. The molecule has 0 aliphatic heterocycles. The molecule has 0 aliphatic carbocycles. The van der Waals surface area contributed by atoms with Gasteiger partial charge in [0.1, 0.15) is 5.78 Å². The van der Waals surface area contributed by atoms with Crippen molar-refractivity contribution < 1.29 is 6.22 Å². The number of rotatable bonds is 5. The van der Waals surface area contributed by atoms with Crippen molar-refractivity contribution in [3.63, 3.8) is 0 Å². The lowest BCUT2D eigenvalue weighted by atomic mass is 10.0. The van der Waals surface area contributed by atoms with Gasteiger partial charge in [0.2, 0.25) is 0 Å². The normalized spacial score (nSPS) is 10.4. The van der Waals surface area contributed by atoms with Crippen molar-refractivity contribution in [3.05, 3.63) is 29.8 Å². The van der Waals surface area contributed by atoms with Gasteiger partial charge in [0.05, 0.1) is 0 Å². The first kappa shape index (κ1) is 11.8. The Labute approximate surface area is 93.2 Å². The number of benzene rings is 1. The molecule has 0 spiro atoms. The maximum absolute atomic E-state index is 11.5. The highest BCUT2D eigenvalue weighted by Crippen LogP contribution is 2.11. The summed E-state index contributed by atoms with van der Waals surface area (Å²) in [6.07, 6.45) is 0.546. The highest BCUT2D eigenvalue weighted by atomic mass is 16.1. The molecule has 0 bridgehead atoms. The van der Waals surface area contributed by atoms with Gasteiger partial charge in [-0.3, -0.25) is 4.79 Å². The first-order valence-electron chi connectivity index (χ1n) is 5.49. The molecule has 1 aromatic carbocycles. The number of carbonyl (C=O) groups excluding carboxylic acids is 1. The maximum Gasteiger partial charge on any atom is 0.139 e. The Balaban J connectivity index is 0.00000225. The first-order valence-corrected chi connectivity index (χ1v) is 5.49. The van der Waals surface area contributed by atoms with Gasteiger partial charge in [-0.15, -0.1) is 0 Å². The minimum atomic E-state index is 0. The molecule has 0 aromatic heterocycles. The van der Waals surface area contributed by atoms with Crippen LogP contribution in [-0.2, 0) is 11.2 Å². The SMILES string of the molecule is CCNc1ccc(CC(=O)C(C)C)cc1.[HH]. The fourth-order valence-corrected chi connectivity index (χ4v) is 1.35. The molecule has 0 unspecified atom stereocenters. The lowest BCUT2D eigenvalue weighted by Crippen LogP contribution is -2.10. The van der Waals surface area contributed by atoms with Gasteiger partial charge in [-0.25, -0.2) is 0 Å². The van der Waals surface area contributed by atoms with Crippen LogP contribution in [0.5, 0.6) is 0 Å². The third-order valence-electron chi connectivity index (χ3n) is 2.36. The Hall–Kier alpha value is -1.31. The van der Waals surface area contributed by atoms with Gasteiger partial charge in [0.15, 0.2) is 0 Å². The predicted molar refractivity (Wildman–Crippen MR) is 66.3 cm³/mol. The van der Waals surface area contributed by atoms with Gasteiger partial charge >= 0.3 is 0 Å². The molecule has 84 valence electrons. The van der Waals surface area contributed by atoms with E-state index in [-0.39, 0.29) is 7.34 Å². The summed E-state index contributed by atoms with van der Waals surface area (Å²) < 4.78 is 0. The number of hydrogen-bond acceptors (Lipinski definition) is 2. The smallest absolute Gasteiger partial charge is 0.139 e. The zero-order valence-corrected chi connectivity index (χ0v) is 9.71. The number of anilines is 1. The molecule has 1 rings (SSSR count). The molecule has 2 nitrogen and oxygen atoms in total. The van der Waals surface area contributed by atoms with Gasteiger partial charge in [-0.05, 0) is 24.6 Å². The molecule has 15 heavy (non-hydrogen) atoms. The number of carbonyl (C=O) groups is 1. The third-order valence-corrected chi connectivity index (χ3v) is 2.36. The predicted octanol–water partition coefficient (Wildman–Crippen LogP) is 3.13. The van der Waals surface area contributed by atoms with Gasteiger partial charge < -0.3 is 5.32 Å². The number of ketones is 1. The summed E-state index contributed by atoms with van der Waals surface area (Å²) in [6.45, 7) is 6.87. The van der Waals surface area contributed by atoms with Crippen LogP contribution < -0.4 is 5.32 Å². The Morgan fingerprint density at radius 3 is 2.40 bits per heavy atom. The van der Waals surface area contributed by atoms with Crippen molar-refractivity contribution in [1.29, 1.82) is 0 Å². The second-order valence-corrected chi connectivity index (χ2v) is 4.03. The molecule has 0 fully saturated rings. The molecule has 1 N–H and O–H groups in total. The quantitative estimate of drug-likeness (QED) is 0.803. The largest absolute Gasteiger partial charge is 0.385 e. The second kappa shape index (κ2) is 5.54. The summed E-state index contributed by atoms with van der Waals surface area (Å²) in [5, 5.41) is 3.23. The van der Waals surface area contributed by atoms with Crippen LogP contribution in [0.2, 0.25) is 0 Å². The molecule has 0 saturated carbocycles. The van der Waals surface area contributed by atoms with Gasteiger partial charge in [0.25, 0.3) is 0 Å². The third kappa shape index (κ3) is 3.74. The Morgan fingerprint density at radius 2 is 1.93 bits per heavy atom. The van der Waals surface area contributed by atoms with Crippen LogP contribution in [-0.4, -0.2) is 12.3 Å². The maximum atomic E-state index is 11.5. The van der Waals surface area contributed by atoms with Crippen LogP contribution >= 0.6 is 0 Å². The van der Waals surface area contributed by atoms with E-state index in [0.29, 0.717) is 12.2 Å². The zero-order valence-electron chi connectivity index (χ0n) is 9.71. The average Bonchev–Trinajstić information content (AvgIpc) is 2.21. The van der Waals surface area contributed by atoms with Crippen molar-refractivity contribution >= 4 is 11.5 Å². The van der Waals surface area contributed by atoms with Crippen LogP contribution in [0.1, 0.15) is 27.8 Å². The van der Waals surface area contributed by atoms with E-state index >= 15 is 0 Å². The molecule has 1 aromatic rings. The monoisotopic (exact) mass is 207 g/mol. The van der Waals surface area contributed by atoms with E-state index in [4.69, 9.17) is 0 Å². The minimum absolute atomic E-state index is 0. The van der Waals surface area contributed by atoms with Gasteiger partial charge in [0, 0.05) is 26.0 Å². The van der Waals surface area contributed by atoms with E-state index < -0.39 is 0 Å². The highest BCUT2D eigenvalue weighted by molar-refractivity contribution is 5.82. The van der Waals surface area contributed by atoms with E-state index in [1.807, 2.05) is 38.1 Å². The zero-order chi connectivity index (χ0) is 11.3. The van der Waals surface area contributed by atoms with Crippen LogP contribution in [0.4, 0.5) is 5.69 Å². The molecule has 0 radical (unpaired) electrons. The molecule has 0 saturated heterocycles. The fraction of sp³-hybridized carbons (Fsp3) is 0.462. The van der Waals surface area contributed by atoms with Gasteiger partial charge in [-0.2, -0.15) is 0 Å². The summed E-state index contributed by atoms with van der Waals surface area (Å²) in [7, 11) is 0. The molecule has 0 aliphatic rings. The van der Waals surface area contributed by atoms with Crippen LogP contribution in [0, 0.1) is 5.92 Å². The van der Waals surface area contributed by atoms with E-state index in [1.54, 1.807) is 0 Å². The van der Waals surface area contributed by atoms with Crippen LogP contribution in [0.3, 0.4) is 0 Å². The fourth-order valence-electron chi connectivity index (χ4n) is 1.35. The van der Waals surface area contributed by atoms with Crippen LogP contribution in [0.15, 0.2) is 24.3 Å². The van der Waals surface area contributed by atoms with E-state index in [2.05, 4.69) is 12.2 Å². The van der Waals surface area contributed by atoms with E-state index in [9.17, 15) is 4.79 Å². The Morgan fingerprint density at radius 1 is 1.33 bits per heavy atom. The highest BCUT2D eigenvalue weighted by Gasteiger charge is 2.07. The van der Waals surface area contributed by atoms with E-state index in [1.165, 1.54) is 0 Å². The number of hydrogen-bond donors (Lipinski definition) is 1. The van der Waals surface area contributed by atoms with E-state index in [0.717, 1.165) is 17.8 Å². The van der Waals surface area contributed by atoms with Crippen molar-refractivity contribution in [2.75, 3.05) is 11.9 Å². The van der Waals surface area contributed by atoms with Crippen molar-refractivity contribution in [1.82, 2.24) is 0 Å². The van der Waals surface area contributed by atoms with Crippen LogP contribution in [0.25, 0.3) is 0 Å². The molecule has 0 amide bonds. The number of nitrogens with one attached hydrogen (secondary N) is 1. The molecular formula is C13H21NO. The Bertz CT molecular complexity index is 319.